The molecule has 0 spiro atoms. The third kappa shape index (κ3) is 1.81. The van der Waals surface area contributed by atoms with E-state index in [1.54, 1.807) is 42.7 Å². The van der Waals surface area contributed by atoms with Crippen molar-refractivity contribution in [1.82, 2.24) is 29.7 Å². The highest BCUT2D eigenvalue weighted by atomic mass is 16.5. The number of imidazole rings is 1. The normalized spacial score (nSPS) is 10.5. The number of H-pyrrole nitrogens is 1. The van der Waals surface area contributed by atoms with E-state index in [4.69, 9.17) is 4.74 Å². The molecule has 0 unspecified atom stereocenters. The van der Waals surface area contributed by atoms with Crippen molar-refractivity contribution in [1.29, 1.82) is 0 Å². The summed E-state index contributed by atoms with van der Waals surface area (Å²) in [5, 5.41) is 6.98. The van der Waals surface area contributed by atoms with Gasteiger partial charge in [0.25, 0.3) is 5.95 Å². The van der Waals surface area contributed by atoms with Crippen molar-refractivity contribution in [3.8, 4) is 23.2 Å². The van der Waals surface area contributed by atoms with Crippen molar-refractivity contribution in [2.24, 2.45) is 0 Å². The Hall–Kier alpha value is -2.70. The first-order valence-electron chi connectivity index (χ1n) is 5.28. The first-order chi connectivity index (χ1) is 8.86. The molecule has 0 amide bonds. The first-order valence-corrected chi connectivity index (χ1v) is 5.28. The lowest BCUT2D eigenvalue weighted by Crippen LogP contribution is -1.92. The molecule has 0 aliphatic heterocycles. The fraction of sp³-hybridized carbons (Fsp3) is 0.0909. The molecule has 1 N–H and O–H groups in total. The van der Waals surface area contributed by atoms with Crippen LogP contribution in [-0.4, -0.2) is 36.8 Å². The zero-order chi connectivity index (χ0) is 12.4. The molecule has 0 radical (unpaired) electrons. The quantitative estimate of drug-likeness (QED) is 0.742. The maximum atomic E-state index is 5.07. The van der Waals surface area contributed by atoms with E-state index in [2.05, 4.69) is 25.1 Å². The van der Waals surface area contributed by atoms with Crippen LogP contribution in [0.15, 0.2) is 37.1 Å². The second kappa shape index (κ2) is 4.28. The number of methoxy groups -OCH3 is 1. The number of pyridine rings is 1. The van der Waals surface area contributed by atoms with Crippen molar-refractivity contribution >= 4 is 0 Å². The maximum Gasteiger partial charge on any atom is 0.254 e. The number of aromatic nitrogens is 6. The maximum absolute atomic E-state index is 5.07. The van der Waals surface area contributed by atoms with Gasteiger partial charge in [-0.25, -0.2) is 9.97 Å². The van der Waals surface area contributed by atoms with E-state index in [-0.39, 0.29) is 0 Å². The van der Waals surface area contributed by atoms with Gasteiger partial charge in [0.15, 0.2) is 5.82 Å². The van der Waals surface area contributed by atoms with E-state index in [0.29, 0.717) is 17.7 Å². The third-order valence-corrected chi connectivity index (χ3v) is 2.43. The molecule has 3 heterocycles. The molecule has 0 saturated carbocycles. The van der Waals surface area contributed by atoms with Gasteiger partial charge in [-0.15, -0.1) is 5.10 Å². The van der Waals surface area contributed by atoms with Gasteiger partial charge in [-0.3, -0.25) is 9.67 Å². The lowest BCUT2D eigenvalue weighted by Gasteiger charge is -1.99. The highest BCUT2D eigenvalue weighted by Crippen LogP contribution is 2.18. The number of nitrogens with zero attached hydrogens (tertiary/aromatic N) is 5. The van der Waals surface area contributed by atoms with Crippen molar-refractivity contribution < 1.29 is 4.74 Å². The standard InChI is InChI=1S/C11H10N6O/c1-18-9-6-8(2-3-13-9)10-14-11(16-15-10)17-5-4-12-7-17/h2-7H,1H3,(H,14,15,16). The van der Waals surface area contributed by atoms with Gasteiger partial charge in [0.05, 0.1) is 7.11 Å². The zero-order valence-corrected chi connectivity index (χ0v) is 9.61. The van der Waals surface area contributed by atoms with Gasteiger partial charge in [0.2, 0.25) is 5.88 Å². The fourth-order valence-electron chi connectivity index (χ4n) is 1.54. The molecule has 0 saturated heterocycles. The van der Waals surface area contributed by atoms with Crippen LogP contribution in [0.3, 0.4) is 0 Å². The topological polar surface area (TPSA) is 81.5 Å². The number of hydrogen-bond donors (Lipinski definition) is 1. The molecule has 3 rings (SSSR count). The Bertz CT molecular complexity index is 645. The lowest BCUT2D eigenvalue weighted by molar-refractivity contribution is 0.398. The smallest absolute Gasteiger partial charge is 0.254 e. The third-order valence-electron chi connectivity index (χ3n) is 2.43. The van der Waals surface area contributed by atoms with Gasteiger partial charge < -0.3 is 4.74 Å². The summed E-state index contributed by atoms with van der Waals surface area (Å²) in [4.78, 5) is 12.4. The predicted octanol–water partition coefficient (Wildman–Crippen LogP) is 1.06. The van der Waals surface area contributed by atoms with E-state index in [9.17, 15) is 0 Å². The molecule has 3 aromatic rings. The number of aromatic amines is 1. The summed E-state index contributed by atoms with van der Waals surface area (Å²) in [5.74, 6) is 1.73. The molecule has 0 fully saturated rings. The second-order valence-corrected chi connectivity index (χ2v) is 3.54. The van der Waals surface area contributed by atoms with E-state index in [1.165, 1.54) is 0 Å². The average Bonchev–Trinajstić information content (AvgIpc) is 3.09. The van der Waals surface area contributed by atoms with Gasteiger partial charge in [0, 0.05) is 30.2 Å². The summed E-state index contributed by atoms with van der Waals surface area (Å²) in [6.45, 7) is 0. The largest absolute Gasteiger partial charge is 0.481 e. The Balaban J connectivity index is 1.97. The monoisotopic (exact) mass is 242 g/mol. The molecule has 0 aliphatic rings. The summed E-state index contributed by atoms with van der Waals surface area (Å²) in [6, 6.07) is 3.62. The van der Waals surface area contributed by atoms with Crippen LogP contribution in [0.2, 0.25) is 0 Å². The van der Waals surface area contributed by atoms with E-state index in [0.717, 1.165) is 5.56 Å². The van der Waals surface area contributed by atoms with E-state index < -0.39 is 0 Å². The minimum atomic E-state index is 0.535. The number of ether oxygens (including phenoxy) is 1. The Kier molecular flexibility index (Phi) is 2.49. The van der Waals surface area contributed by atoms with Crippen LogP contribution in [0, 0.1) is 0 Å². The van der Waals surface area contributed by atoms with Gasteiger partial charge >= 0.3 is 0 Å². The molecule has 7 nitrogen and oxygen atoms in total. The highest BCUT2D eigenvalue weighted by Gasteiger charge is 2.07. The van der Waals surface area contributed by atoms with Crippen LogP contribution in [0.1, 0.15) is 0 Å². The molecule has 18 heavy (non-hydrogen) atoms. The fourth-order valence-corrected chi connectivity index (χ4v) is 1.54. The van der Waals surface area contributed by atoms with Crippen molar-refractivity contribution in [3.63, 3.8) is 0 Å². The summed E-state index contributed by atoms with van der Waals surface area (Å²) in [6.07, 6.45) is 6.75. The van der Waals surface area contributed by atoms with E-state index >= 15 is 0 Å². The molecule has 90 valence electrons. The Morgan fingerprint density at radius 3 is 3.06 bits per heavy atom. The molecular weight excluding hydrogens is 232 g/mol. The molecule has 7 heteroatoms. The lowest BCUT2D eigenvalue weighted by atomic mass is 10.2. The van der Waals surface area contributed by atoms with E-state index in [1.807, 2.05) is 6.07 Å². The summed E-state index contributed by atoms with van der Waals surface area (Å²) in [5.41, 5.74) is 0.862. The van der Waals surface area contributed by atoms with Gasteiger partial charge in [-0.2, -0.15) is 4.98 Å². The van der Waals surface area contributed by atoms with Crippen molar-refractivity contribution in [2.75, 3.05) is 7.11 Å². The number of hydrogen-bond acceptors (Lipinski definition) is 5. The average molecular weight is 242 g/mol. The molecule has 3 aromatic heterocycles. The van der Waals surface area contributed by atoms with Crippen LogP contribution in [0.4, 0.5) is 0 Å². The van der Waals surface area contributed by atoms with Crippen LogP contribution in [0.25, 0.3) is 17.3 Å². The van der Waals surface area contributed by atoms with Gasteiger partial charge in [-0.1, -0.05) is 0 Å². The highest BCUT2D eigenvalue weighted by molar-refractivity contribution is 5.56. The van der Waals surface area contributed by atoms with Crippen LogP contribution in [-0.2, 0) is 0 Å². The first kappa shape index (κ1) is 10.5. The Labute approximate surface area is 102 Å². The molecule has 0 aromatic carbocycles. The summed E-state index contributed by atoms with van der Waals surface area (Å²) in [7, 11) is 1.57. The van der Waals surface area contributed by atoms with Gasteiger partial charge in [-0.05, 0) is 6.07 Å². The molecule has 0 bridgehead atoms. The number of nitrogens with one attached hydrogen (secondary N) is 1. The molecule has 0 aliphatic carbocycles. The Morgan fingerprint density at radius 2 is 2.28 bits per heavy atom. The van der Waals surface area contributed by atoms with Crippen LogP contribution < -0.4 is 4.74 Å². The Morgan fingerprint density at radius 1 is 1.33 bits per heavy atom. The van der Waals surface area contributed by atoms with Crippen molar-refractivity contribution in [3.05, 3.63) is 37.1 Å². The van der Waals surface area contributed by atoms with Crippen LogP contribution in [0.5, 0.6) is 5.88 Å². The minimum Gasteiger partial charge on any atom is -0.481 e. The summed E-state index contributed by atoms with van der Waals surface area (Å²) >= 11 is 0. The molecule has 0 atom stereocenters. The second-order valence-electron chi connectivity index (χ2n) is 3.54. The SMILES string of the molecule is COc1cc(-c2nc(-n3ccnc3)n[nH]2)ccn1. The van der Waals surface area contributed by atoms with Crippen molar-refractivity contribution in [2.45, 2.75) is 0 Å². The summed E-state index contributed by atoms with van der Waals surface area (Å²) < 4.78 is 6.79. The number of rotatable bonds is 3. The van der Waals surface area contributed by atoms with Crippen LogP contribution >= 0.6 is 0 Å². The zero-order valence-electron chi connectivity index (χ0n) is 9.61. The molecular formula is C11H10N6O. The predicted molar refractivity (Wildman–Crippen MR) is 63.3 cm³/mol. The van der Waals surface area contributed by atoms with Gasteiger partial charge in [0.1, 0.15) is 6.33 Å². The minimum absolute atomic E-state index is 0.535.